The van der Waals surface area contributed by atoms with Gasteiger partial charge in [-0.2, -0.15) is 0 Å². The zero-order valence-electron chi connectivity index (χ0n) is 11.6. The first-order chi connectivity index (χ1) is 9.63. The standard InChI is InChI=1S/C16H18N2O2/c1-11-8-14(6-7-15(11)20-2)18-16(19)13-5-3-4-12(9-13)10-17/h3-9H,10,17H2,1-2H3,(H,18,19). The van der Waals surface area contributed by atoms with Crippen LogP contribution in [0.3, 0.4) is 0 Å². The lowest BCUT2D eigenvalue weighted by atomic mass is 10.1. The second kappa shape index (κ2) is 6.21. The van der Waals surface area contributed by atoms with E-state index in [2.05, 4.69) is 5.32 Å². The molecular weight excluding hydrogens is 252 g/mol. The zero-order chi connectivity index (χ0) is 14.5. The molecule has 20 heavy (non-hydrogen) atoms. The largest absolute Gasteiger partial charge is 0.496 e. The molecule has 0 saturated carbocycles. The lowest BCUT2D eigenvalue weighted by Crippen LogP contribution is -2.12. The van der Waals surface area contributed by atoms with E-state index in [0.717, 1.165) is 22.6 Å². The van der Waals surface area contributed by atoms with Crippen LogP contribution < -0.4 is 15.8 Å². The molecule has 0 unspecified atom stereocenters. The summed E-state index contributed by atoms with van der Waals surface area (Å²) in [4.78, 5) is 12.2. The number of rotatable bonds is 4. The highest BCUT2D eigenvalue weighted by molar-refractivity contribution is 6.04. The van der Waals surface area contributed by atoms with Gasteiger partial charge in [-0.3, -0.25) is 4.79 Å². The van der Waals surface area contributed by atoms with Crippen molar-refractivity contribution in [2.24, 2.45) is 5.73 Å². The van der Waals surface area contributed by atoms with Gasteiger partial charge in [-0.15, -0.1) is 0 Å². The second-order valence-corrected chi connectivity index (χ2v) is 4.54. The summed E-state index contributed by atoms with van der Waals surface area (Å²) in [5.41, 5.74) is 8.83. The molecule has 0 spiro atoms. The maximum Gasteiger partial charge on any atom is 0.255 e. The second-order valence-electron chi connectivity index (χ2n) is 4.54. The Morgan fingerprint density at radius 3 is 2.70 bits per heavy atom. The Bertz CT molecular complexity index is 624. The van der Waals surface area contributed by atoms with Gasteiger partial charge >= 0.3 is 0 Å². The van der Waals surface area contributed by atoms with Crippen molar-refractivity contribution in [1.29, 1.82) is 0 Å². The van der Waals surface area contributed by atoms with Gasteiger partial charge in [0, 0.05) is 17.8 Å². The predicted molar refractivity (Wildman–Crippen MR) is 80.0 cm³/mol. The third-order valence-corrected chi connectivity index (χ3v) is 3.08. The van der Waals surface area contributed by atoms with Gasteiger partial charge in [0.2, 0.25) is 0 Å². The van der Waals surface area contributed by atoms with E-state index in [1.807, 2.05) is 37.3 Å². The molecule has 3 N–H and O–H groups in total. The molecule has 104 valence electrons. The first-order valence-electron chi connectivity index (χ1n) is 6.39. The van der Waals surface area contributed by atoms with Crippen molar-refractivity contribution in [3.8, 4) is 5.75 Å². The van der Waals surface area contributed by atoms with Crippen LogP contribution in [0, 0.1) is 6.92 Å². The highest BCUT2D eigenvalue weighted by Gasteiger charge is 2.07. The Labute approximate surface area is 118 Å². The summed E-state index contributed by atoms with van der Waals surface area (Å²) in [5, 5.41) is 2.87. The molecule has 1 amide bonds. The van der Waals surface area contributed by atoms with E-state index in [0.29, 0.717) is 12.1 Å². The molecule has 4 heteroatoms. The number of aryl methyl sites for hydroxylation is 1. The van der Waals surface area contributed by atoms with E-state index in [1.165, 1.54) is 0 Å². The molecule has 0 fully saturated rings. The van der Waals surface area contributed by atoms with Crippen LogP contribution >= 0.6 is 0 Å². The topological polar surface area (TPSA) is 64.3 Å². The lowest BCUT2D eigenvalue weighted by molar-refractivity contribution is 0.102. The molecule has 0 radical (unpaired) electrons. The number of hydrogen-bond acceptors (Lipinski definition) is 3. The van der Waals surface area contributed by atoms with Crippen LogP contribution in [0.2, 0.25) is 0 Å². The van der Waals surface area contributed by atoms with Gasteiger partial charge in [-0.25, -0.2) is 0 Å². The summed E-state index contributed by atoms with van der Waals surface area (Å²) < 4.78 is 5.19. The minimum atomic E-state index is -0.148. The fourth-order valence-corrected chi connectivity index (χ4v) is 2.00. The molecule has 2 rings (SSSR count). The maximum absolute atomic E-state index is 12.2. The molecule has 0 saturated heterocycles. The summed E-state index contributed by atoms with van der Waals surface area (Å²) in [6.45, 7) is 2.35. The van der Waals surface area contributed by atoms with Crippen molar-refractivity contribution < 1.29 is 9.53 Å². The summed E-state index contributed by atoms with van der Waals surface area (Å²) in [5.74, 6) is 0.651. The molecule has 0 aliphatic rings. The molecule has 2 aromatic carbocycles. The number of anilines is 1. The number of carbonyl (C=O) groups is 1. The Hall–Kier alpha value is -2.33. The van der Waals surface area contributed by atoms with E-state index < -0.39 is 0 Å². The average molecular weight is 270 g/mol. The Morgan fingerprint density at radius 1 is 1.25 bits per heavy atom. The summed E-state index contributed by atoms with van der Waals surface area (Å²) in [6, 6.07) is 12.8. The Balaban J connectivity index is 2.16. The summed E-state index contributed by atoms with van der Waals surface area (Å²) in [6.07, 6.45) is 0. The molecule has 0 aliphatic heterocycles. The maximum atomic E-state index is 12.2. The van der Waals surface area contributed by atoms with Crippen LogP contribution in [0.25, 0.3) is 0 Å². The predicted octanol–water partition coefficient (Wildman–Crippen LogP) is 2.71. The Morgan fingerprint density at radius 2 is 2.05 bits per heavy atom. The van der Waals surface area contributed by atoms with Crippen LogP contribution in [0.4, 0.5) is 5.69 Å². The minimum absolute atomic E-state index is 0.148. The van der Waals surface area contributed by atoms with Gasteiger partial charge in [-0.1, -0.05) is 12.1 Å². The number of amides is 1. The van der Waals surface area contributed by atoms with E-state index in [9.17, 15) is 4.79 Å². The normalized spacial score (nSPS) is 10.2. The Kier molecular flexibility index (Phi) is 4.38. The van der Waals surface area contributed by atoms with E-state index in [-0.39, 0.29) is 5.91 Å². The minimum Gasteiger partial charge on any atom is -0.496 e. The van der Waals surface area contributed by atoms with Gasteiger partial charge in [0.1, 0.15) is 5.75 Å². The first-order valence-corrected chi connectivity index (χ1v) is 6.39. The van der Waals surface area contributed by atoms with Gasteiger partial charge in [0.25, 0.3) is 5.91 Å². The molecule has 0 bridgehead atoms. The van der Waals surface area contributed by atoms with Crippen LogP contribution in [0.5, 0.6) is 5.75 Å². The quantitative estimate of drug-likeness (QED) is 0.897. The highest BCUT2D eigenvalue weighted by Crippen LogP contribution is 2.21. The summed E-state index contributed by atoms with van der Waals surface area (Å²) >= 11 is 0. The van der Waals surface area contributed by atoms with Crippen LogP contribution in [-0.4, -0.2) is 13.0 Å². The summed E-state index contributed by atoms with van der Waals surface area (Å²) in [7, 11) is 1.62. The SMILES string of the molecule is COc1ccc(NC(=O)c2cccc(CN)c2)cc1C. The molecule has 0 aromatic heterocycles. The monoisotopic (exact) mass is 270 g/mol. The van der Waals surface area contributed by atoms with Crippen molar-refractivity contribution in [3.05, 3.63) is 59.2 Å². The molecular formula is C16H18N2O2. The number of benzene rings is 2. The van der Waals surface area contributed by atoms with Crippen molar-refractivity contribution >= 4 is 11.6 Å². The van der Waals surface area contributed by atoms with Gasteiger partial charge in [-0.05, 0) is 48.4 Å². The fraction of sp³-hybridized carbons (Fsp3) is 0.188. The van der Waals surface area contributed by atoms with Crippen molar-refractivity contribution in [2.45, 2.75) is 13.5 Å². The number of methoxy groups -OCH3 is 1. The van der Waals surface area contributed by atoms with Crippen molar-refractivity contribution in [2.75, 3.05) is 12.4 Å². The van der Waals surface area contributed by atoms with Crippen molar-refractivity contribution in [3.63, 3.8) is 0 Å². The molecule has 0 aliphatic carbocycles. The first kappa shape index (κ1) is 14.1. The molecule has 0 atom stereocenters. The molecule has 2 aromatic rings. The van der Waals surface area contributed by atoms with Crippen molar-refractivity contribution in [1.82, 2.24) is 0 Å². The van der Waals surface area contributed by atoms with Crippen LogP contribution in [0.15, 0.2) is 42.5 Å². The van der Waals surface area contributed by atoms with Crippen LogP contribution in [-0.2, 0) is 6.54 Å². The van der Waals surface area contributed by atoms with Gasteiger partial charge < -0.3 is 15.8 Å². The third-order valence-electron chi connectivity index (χ3n) is 3.08. The average Bonchev–Trinajstić information content (AvgIpc) is 2.47. The van der Waals surface area contributed by atoms with E-state index in [1.54, 1.807) is 19.2 Å². The number of nitrogens with one attached hydrogen (secondary N) is 1. The number of hydrogen-bond donors (Lipinski definition) is 2. The smallest absolute Gasteiger partial charge is 0.255 e. The third kappa shape index (κ3) is 3.16. The number of carbonyl (C=O) groups excluding carboxylic acids is 1. The van der Waals surface area contributed by atoms with Crippen LogP contribution in [0.1, 0.15) is 21.5 Å². The van der Waals surface area contributed by atoms with Gasteiger partial charge in [0.15, 0.2) is 0 Å². The van der Waals surface area contributed by atoms with E-state index in [4.69, 9.17) is 10.5 Å². The number of ether oxygens (including phenoxy) is 1. The fourth-order valence-electron chi connectivity index (χ4n) is 2.00. The lowest BCUT2D eigenvalue weighted by Gasteiger charge is -2.09. The van der Waals surface area contributed by atoms with E-state index >= 15 is 0 Å². The zero-order valence-corrected chi connectivity index (χ0v) is 11.6. The van der Waals surface area contributed by atoms with Gasteiger partial charge in [0.05, 0.1) is 7.11 Å². The number of nitrogens with two attached hydrogens (primary N) is 1. The molecule has 0 heterocycles. The molecule has 4 nitrogen and oxygen atoms in total. The highest BCUT2D eigenvalue weighted by atomic mass is 16.5.